The number of amides is 1. The van der Waals surface area contributed by atoms with E-state index >= 15 is 0 Å². The summed E-state index contributed by atoms with van der Waals surface area (Å²) in [7, 11) is 1.35. The molecule has 1 aromatic carbocycles. The van der Waals surface area contributed by atoms with Crippen LogP contribution in [0.1, 0.15) is 34.8 Å². The highest BCUT2D eigenvalue weighted by atomic mass is 16.5. The highest BCUT2D eigenvalue weighted by molar-refractivity contribution is 5.93. The normalized spacial score (nSPS) is 15.3. The second-order valence-corrected chi connectivity index (χ2v) is 6.07. The minimum Gasteiger partial charge on any atom is -0.465 e. The van der Waals surface area contributed by atoms with Gasteiger partial charge in [-0.15, -0.1) is 0 Å². The predicted octanol–water partition coefficient (Wildman–Crippen LogP) is 2.68. The van der Waals surface area contributed by atoms with Crippen LogP contribution < -0.4 is 0 Å². The molecular weight excluding hydrogens is 304 g/mol. The van der Waals surface area contributed by atoms with Gasteiger partial charge in [-0.05, 0) is 36.6 Å². The van der Waals surface area contributed by atoms with Crippen LogP contribution in [0.5, 0.6) is 0 Å². The summed E-state index contributed by atoms with van der Waals surface area (Å²) >= 11 is 0. The molecule has 2 aromatic rings. The zero-order valence-corrected chi connectivity index (χ0v) is 13.9. The fraction of sp³-hybridized carbons (Fsp3) is 0.368. The molecule has 1 aliphatic rings. The first-order chi connectivity index (χ1) is 11.7. The fourth-order valence-electron chi connectivity index (χ4n) is 3.26. The van der Waals surface area contributed by atoms with E-state index in [1.165, 1.54) is 7.11 Å². The third-order valence-corrected chi connectivity index (χ3v) is 4.63. The van der Waals surface area contributed by atoms with Crippen LogP contribution in [0.15, 0.2) is 48.8 Å². The average Bonchev–Trinajstić information content (AvgIpc) is 3.16. The molecule has 3 rings (SSSR count). The van der Waals surface area contributed by atoms with E-state index in [2.05, 4.69) is 17.0 Å². The molecule has 0 radical (unpaired) electrons. The summed E-state index contributed by atoms with van der Waals surface area (Å²) in [6.07, 6.45) is 6.31. The Bertz CT molecular complexity index is 701. The van der Waals surface area contributed by atoms with E-state index in [0.29, 0.717) is 11.6 Å². The van der Waals surface area contributed by atoms with Gasteiger partial charge in [-0.1, -0.05) is 18.2 Å². The van der Waals surface area contributed by atoms with Crippen molar-refractivity contribution in [2.75, 3.05) is 20.2 Å². The Morgan fingerprint density at radius 2 is 1.75 bits per heavy atom. The Morgan fingerprint density at radius 3 is 2.42 bits per heavy atom. The number of carbonyl (C=O) groups excluding carboxylic acids is 2. The molecule has 0 atom stereocenters. The zero-order chi connectivity index (χ0) is 16.9. The van der Waals surface area contributed by atoms with E-state index in [1.54, 1.807) is 12.1 Å². The van der Waals surface area contributed by atoms with Crippen LogP contribution in [-0.4, -0.2) is 41.5 Å². The van der Waals surface area contributed by atoms with Crippen molar-refractivity contribution in [3.63, 3.8) is 0 Å². The van der Waals surface area contributed by atoms with Gasteiger partial charge in [0.1, 0.15) is 0 Å². The third kappa shape index (κ3) is 3.50. The number of esters is 1. The highest BCUT2D eigenvalue weighted by Crippen LogP contribution is 2.23. The highest BCUT2D eigenvalue weighted by Gasteiger charge is 2.24. The molecule has 24 heavy (non-hydrogen) atoms. The molecule has 5 nitrogen and oxygen atoms in total. The molecule has 0 bridgehead atoms. The van der Waals surface area contributed by atoms with Crippen LogP contribution in [0.4, 0.5) is 0 Å². The Morgan fingerprint density at radius 1 is 1.08 bits per heavy atom. The van der Waals surface area contributed by atoms with Crippen LogP contribution in [0.2, 0.25) is 0 Å². The lowest BCUT2D eigenvalue weighted by Gasteiger charge is -2.33. The summed E-state index contributed by atoms with van der Waals surface area (Å²) < 4.78 is 7.01. The predicted molar refractivity (Wildman–Crippen MR) is 90.8 cm³/mol. The number of ether oxygens (including phenoxy) is 1. The Labute approximate surface area is 141 Å². The van der Waals surface area contributed by atoms with Crippen LogP contribution >= 0.6 is 0 Å². The number of methoxy groups -OCH3 is 1. The summed E-state index contributed by atoms with van der Waals surface area (Å²) in [4.78, 5) is 26.3. The van der Waals surface area contributed by atoms with Gasteiger partial charge < -0.3 is 14.2 Å². The molecule has 0 saturated carbocycles. The number of hydrogen-bond donors (Lipinski definition) is 0. The van der Waals surface area contributed by atoms with Gasteiger partial charge in [0, 0.05) is 31.5 Å². The second-order valence-electron chi connectivity index (χ2n) is 6.07. The van der Waals surface area contributed by atoms with Crippen molar-refractivity contribution in [2.24, 2.45) is 0 Å². The van der Waals surface area contributed by atoms with Crippen molar-refractivity contribution in [3.05, 3.63) is 59.9 Å². The minimum atomic E-state index is -0.398. The molecule has 1 saturated heterocycles. The van der Waals surface area contributed by atoms with E-state index in [9.17, 15) is 9.59 Å². The standard InChI is InChI=1S/C19H22N2O3/c1-24-19(23)17-7-3-2-6-15(17)14-18(22)21-12-8-16(9-13-21)20-10-4-5-11-20/h2-7,10-11,16H,8-9,12-14H2,1H3. The van der Waals surface area contributed by atoms with E-state index in [0.717, 1.165) is 31.5 Å². The summed E-state index contributed by atoms with van der Waals surface area (Å²) in [6.45, 7) is 1.50. The van der Waals surface area contributed by atoms with Crippen molar-refractivity contribution < 1.29 is 14.3 Å². The first kappa shape index (κ1) is 16.3. The lowest BCUT2D eigenvalue weighted by molar-refractivity contribution is -0.131. The number of likely N-dealkylation sites (tertiary alicyclic amines) is 1. The Hall–Kier alpha value is -2.56. The Kier molecular flexibility index (Phi) is 4.99. The van der Waals surface area contributed by atoms with Crippen LogP contribution in [0.25, 0.3) is 0 Å². The number of piperidine rings is 1. The molecule has 0 spiro atoms. The minimum absolute atomic E-state index is 0.0670. The van der Waals surface area contributed by atoms with Crippen molar-refractivity contribution in [1.29, 1.82) is 0 Å². The van der Waals surface area contributed by atoms with Gasteiger partial charge in [0.2, 0.25) is 5.91 Å². The molecule has 126 valence electrons. The summed E-state index contributed by atoms with van der Waals surface area (Å²) in [5, 5.41) is 0. The smallest absolute Gasteiger partial charge is 0.338 e. The molecule has 0 aliphatic carbocycles. The molecular formula is C19H22N2O3. The maximum Gasteiger partial charge on any atom is 0.338 e. The van der Waals surface area contributed by atoms with Gasteiger partial charge in [0.25, 0.3) is 0 Å². The summed E-state index contributed by atoms with van der Waals surface area (Å²) in [5.41, 5.74) is 1.19. The Balaban J connectivity index is 1.62. The molecule has 5 heteroatoms. The lowest BCUT2D eigenvalue weighted by Crippen LogP contribution is -2.39. The van der Waals surface area contributed by atoms with Crippen molar-refractivity contribution in [2.45, 2.75) is 25.3 Å². The average molecular weight is 326 g/mol. The van der Waals surface area contributed by atoms with Gasteiger partial charge in [0.15, 0.2) is 0 Å². The van der Waals surface area contributed by atoms with Crippen LogP contribution in [0, 0.1) is 0 Å². The monoisotopic (exact) mass is 326 g/mol. The lowest BCUT2D eigenvalue weighted by atomic mass is 10.0. The summed E-state index contributed by atoms with van der Waals surface area (Å²) in [6, 6.07) is 11.7. The number of nitrogens with zero attached hydrogens (tertiary/aromatic N) is 2. The molecule has 1 aromatic heterocycles. The van der Waals surface area contributed by atoms with Gasteiger partial charge in [-0.25, -0.2) is 4.79 Å². The molecule has 1 amide bonds. The van der Waals surface area contributed by atoms with E-state index in [1.807, 2.05) is 29.2 Å². The zero-order valence-electron chi connectivity index (χ0n) is 13.9. The molecule has 1 aliphatic heterocycles. The first-order valence-corrected chi connectivity index (χ1v) is 8.25. The van der Waals surface area contributed by atoms with E-state index in [4.69, 9.17) is 4.74 Å². The maximum absolute atomic E-state index is 12.6. The van der Waals surface area contributed by atoms with E-state index in [-0.39, 0.29) is 12.3 Å². The number of aromatic nitrogens is 1. The number of hydrogen-bond acceptors (Lipinski definition) is 3. The molecule has 1 fully saturated rings. The van der Waals surface area contributed by atoms with Gasteiger partial charge in [0.05, 0.1) is 19.1 Å². The molecule has 0 N–H and O–H groups in total. The largest absolute Gasteiger partial charge is 0.465 e. The molecule has 0 unspecified atom stereocenters. The molecule has 2 heterocycles. The van der Waals surface area contributed by atoms with Crippen molar-refractivity contribution >= 4 is 11.9 Å². The number of carbonyl (C=O) groups is 2. The second kappa shape index (κ2) is 7.34. The summed E-state index contributed by atoms with van der Waals surface area (Å²) in [5.74, 6) is -0.331. The third-order valence-electron chi connectivity index (χ3n) is 4.63. The van der Waals surface area contributed by atoms with Gasteiger partial charge in [-0.3, -0.25) is 4.79 Å². The van der Waals surface area contributed by atoms with E-state index < -0.39 is 5.97 Å². The fourth-order valence-corrected chi connectivity index (χ4v) is 3.26. The van der Waals surface area contributed by atoms with Crippen LogP contribution in [-0.2, 0) is 16.0 Å². The maximum atomic E-state index is 12.6. The van der Waals surface area contributed by atoms with Gasteiger partial charge in [-0.2, -0.15) is 0 Å². The quantitative estimate of drug-likeness (QED) is 0.812. The SMILES string of the molecule is COC(=O)c1ccccc1CC(=O)N1CCC(n2cccc2)CC1. The topological polar surface area (TPSA) is 51.5 Å². The number of rotatable bonds is 4. The van der Waals surface area contributed by atoms with Crippen molar-refractivity contribution in [1.82, 2.24) is 9.47 Å². The van der Waals surface area contributed by atoms with Crippen LogP contribution in [0.3, 0.4) is 0 Å². The van der Waals surface area contributed by atoms with Crippen molar-refractivity contribution in [3.8, 4) is 0 Å². The number of benzene rings is 1. The van der Waals surface area contributed by atoms with Gasteiger partial charge >= 0.3 is 5.97 Å². The first-order valence-electron chi connectivity index (χ1n) is 8.25.